The lowest BCUT2D eigenvalue weighted by Crippen LogP contribution is -1.98. The van der Waals surface area contributed by atoms with Gasteiger partial charge in [-0.25, -0.2) is 4.68 Å². The smallest absolute Gasteiger partial charge is 0.143 e. The van der Waals surface area contributed by atoms with Crippen molar-refractivity contribution in [1.29, 1.82) is 0 Å². The van der Waals surface area contributed by atoms with Crippen LogP contribution >= 0.6 is 0 Å². The van der Waals surface area contributed by atoms with E-state index in [0.717, 1.165) is 11.3 Å². The largest absolute Gasteiger partial charge is 0.326 e. The summed E-state index contributed by atoms with van der Waals surface area (Å²) in [6, 6.07) is 7.77. The molecule has 1 aromatic carbocycles. The summed E-state index contributed by atoms with van der Waals surface area (Å²) in [5.74, 6) is 0. The second-order valence-corrected chi connectivity index (χ2v) is 2.62. The monoisotopic (exact) mass is 175 g/mol. The predicted octanol–water partition coefficient (Wildman–Crippen LogP) is 0.121. The van der Waals surface area contributed by atoms with Crippen molar-refractivity contribution in [2.75, 3.05) is 0 Å². The van der Waals surface area contributed by atoms with E-state index in [4.69, 9.17) is 5.73 Å². The van der Waals surface area contributed by atoms with Crippen LogP contribution < -0.4 is 5.73 Å². The van der Waals surface area contributed by atoms with Crippen molar-refractivity contribution >= 4 is 0 Å². The minimum atomic E-state index is 0.551. The summed E-state index contributed by atoms with van der Waals surface area (Å²) in [4.78, 5) is 0. The number of benzene rings is 1. The van der Waals surface area contributed by atoms with Gasteiger partial charge >= 0.3 is 0 Å². The number of tetrazole rings is 1. The Morgan fingerprint density at radius 2 is 2.00 bits per heavy atom. The molecule has 0 aliphatic rings. The van der Waals surface area contributed by atoms with Crippen molar-refractivity contribution in [2.24, 2.45) is 5.73 Å². The first-order valence-corrected chi connectivity index (χ1v) is 3.92. The molecule has 0 fully saturated rings. The Balaban J connectivity index is 2.33. The third-order valence-corrected chi connectivity index (χ3v) is 1.79. The standard InChI is InChI=1S/C8H9N5/c9-5-7-1-3-8(4-2-7)13-6-10-11-12-13/h1-4,6H,5,9H2. The van der Waals surface area contributed by atoms with Crippen LogP contribution in [0.15, 0.2) is 30.6 Å². The van der Waals surface area contributed by atoms with Gasteiger partial charge in [0.15, 0.2) is 0 Å². The van der Waals surface area contributed by atoms with Gasteiger partial charge in [-0.15, -0.1) is 5.10 Å². The lowest BCUT2D eigenvalue weighted by Gasteiger charge is -1.99. The fraction of sp³-hybridized carbons (Fsp3) is 0.125. The van der Waals surface area contributed by atoms with Gasteiger partial charge in [-0.2, -0.15) is 0 Å². The Bertz CT molecular complexity index is 364. The van der Waals surface area contributed by atoms with E-state index in [2.05, 4.69) is 15.5 Å². The molecule has 2 rings (SSSR count). The minimum absolute atomic E-state index is 0.551. The molecule has 0 aliphatic heterocycles. The molecule has 0 aliphatic carbocycles. The zero-order valence-electron chi connectivity index (χ0n) is 6.96. The summed E-state index contributed by atoms with van der Waals surface area (Å²) < 4.78 is 1.60. The van der Waals surface area contributed by atoms with Crippen LogP contribution in [0.4, 0.5) is 0 Å². The van der Waals surface area contributed by atoms with Crippen LogP contribution in [0.1, 0.15) is 5.56 Å². The predicted molar refractivity (Wildman–Crippen MR) is 47.0 cm³/mol. The molecule has 0 bridgehead atoms. The molecule has 66 valence electrons. The molecule has 5 nitrogen and oxygen atoms in total. The van der Waals surface area contributed by atoms with Gasteiger partial charge in [0.25, 0.3) is 0 Å². The molecule has 1 aromatic heterocycles. The van der Waals surface area contributed by atoms with E-state index in [1.165, 1.54) is 0 Å². The Hall–Kier alpha value is -1.75. The second-order valence-electron chi connectivity index (χ2n) is 2.62. The molecule has 0 saturated heterocycles. The van der Waals surface area contributed by atoms with Crippen molar-refractivity contribution in [3.63, 3.8) is 0 Å². The maximum absolute atomic E-state index is 5.47. The Labute approximate surface area is 75.2 Å². The van der Waals surface area contributed by atoms with Crippen molar-refractivity contribution in [1.82, 2.24) is 20.2 Å². The van der Waals surface area contributed by atoms with Gasteiger partial charge in [0, 0.05) is 6.54 Å². The van der Waals surface area contributed by atoms with E-state index in [1.807, 2.05) is 24.3 Å². The summed E-state index contributed by atoms with van der Waals surface area (Å²) in [6.07, 6.45) is 1.55. The van der Waals surface area contributed by atoms with Crippen molar-refractivity contribution in [3.8, 4) is 5.69 Å². The molecule has 13 heavy (non-hydrogen) atoms. The highest BCUT2D eigenvalue weighted by Gasteiger charge is 1.96. The van der Waals surface area contributed by atoms with Gasteiger partial charge in [-0.1, -0.05) is 12.1 Å². The number of aromatic nitrogens is 4. The topological polar surface area (TPSA) is 69.6 Å². The number of hydrogen-bond donors (Lipinski definition) is 1. The molecule has 0 amide bonds. The SMILES string of the molecule is NCc1ccc(-n2cnnn2)cc1. The average Bonchev–Trinajstić information content (AvgIpc) is 2.71. The number of nitrogens with zero attached hydrogens (tertiary/aromatic N) is 4. The lowest BCUT2D eigenvalue weighted by atomic mass is 10.2. The Morgan fingerprint density at radius 3 is 2.54 bits per heavy atom. The molecule has 0 saturated carbocycles. The maximum Gasteiger partial charge on any atom is 0.143 e. The zero-order chi connectivity index (χ0) is 9.10. The normalized spacial score (nSPS) is 10.2. The van der Waals surface area contributed by atoms with E-state index in [1.54, 1.807) is 11.0 Å². The molecule has 5 heteroatoms. The summed E-state index contributed by atoms with van der Waals surface area (Å²) in [5.41, 5.74) is 7.50. The first-order chi connectivity index (χ1) is 6.40. The van der Waals surface area contributed by atoms with Crippen LogP contribution in [0.3, 0.4) is 0 Å². The highest BCUT2D eigenvalue weighted by molar-refractivity contribution is 5.32. The van der Waals surface area contributed by atoms with Crippen LogP contribution in [0.5, 0.6) is 0 Å². The minimum Gasteiger partial charge on any atom is -0.326 e. The number of nitrogens with two attached hydrogens (primary N) is 1. The van der Waals surface area contributed by atoms with E-state index in [0.29, 0.717) is 6.54 Å². The fourth-order valence-electron chi connectivity index (χ4n) is 1.06. The fourth-order valence-corrected chi connectivity index (χ4v) is 1.06. The van der Waals surface area contributed by atoms with E-state index >= 15 is 0 Å². The highest BCUT2D eigenvalue weighted by Crippen LogP contribution is 2.06. The highest BCUT2D eigenvalue weighted by atomic mass is 15.5. The quantitative estimate of drug-likeness (QED) is 0.703. The summed E-state index contributed by atoms with van der Waals surface area (Å²) in [6.45, 7) is 0.551. The van der Waals surface area contributed by atoms with Gasteiger partial charge in [0.1, 0.15) is 6.33 Å². The summed E-state index contributed by atoms with van der Waals surface area (Å²) >= 11 is 0. The molecule has 2 aromatic rings. The third-order valence-electron chi connectivity index (χ3n) is 1.79. The summed E-state index contributed by atoms with van der Waals surface area (Å²) in [5, 5.41) is 10.9. The van der Waals surface area contributed by atoms with E-state index in [9.17, 15) is 0 Å². The Kier molecular flexibility index (Phi) is 2.01. The van der Waals surface area contributed by atoms with Crippen molar-refractivity contribution in [2.45, 2.75) is 6.54 Å². The molecule has 2 N–H and O–H groups in total. The Morgan fingerprint density at radius 1 is 1.23 bits per heavy atom. The van der Waals surface area contributed by atoms with Crippen molar-refractivity contribution in [3.05, 3.63) is 36.2 Å². The molecular weight excluding hydrogens is 166 g/mol. The van der Waals surface area contributed by atoms with Gasteiger partial charge in [0.05, 0.1) is 5.69 Å². The first-order valence-electron chi connectivity index (χ1n) is 3.92. The molecule has 1 heterocycles. The van der Waals surface area contributed by atoms with Crippen LogP contribution in [-0.2, 0) is 6.54 Å². The van der Waals surface area contributed by atoms with Gasteiger partial charge in [0.2, 0.25) is 0 Å². The first kappa shape index (κ1) is 7.88. The number of rotatable bonds is 2. The summed E-state index contributed by atoms with van der Waals surface area (Å²) in [7, 11) is 0. The third kappa shape index (κ3) is 1.54. The lowest BCUT2D eigenvalue weighted by molar-refractivity contribution is 0.788. The number of hydrogen-bond acceptors (Lipinski definition) is 4. The van der Waals surface area contributed by atoms with E-state index in [-0.39, 0.29) is 0 Å². The van der Waals surface area contributed by atoms with Crippen molar-refractivity contribution < 1.29 is 0 Å². The second kappa shape index (κ2) is 3.32. The molecule has 0 unspecified atom stereocenters. The van der Waals surface area contributed by atoms with Crippen LogP contribution in [-0.4, -0.2) is 20.2 Å². The van der Waals surface area contributed by atoms with Gasteiger partial charge in [-0.05, 0) is 28.1 Å². The molecule has 0 radical (unpaired) electrons. The van der Waals surface area contributed by atoms with Crippen LogP contribution in [0.2, 0.25) is 0 Å². The molecule has 0 atom stereocenters. The molecule has 0 spiro atoms. The van der Waals surface area contributed by atoms with Gasteiger partial charge < -0.3 is 5.73 Å². The van der Waals surface area contributed by atoms with E-state index < -0.39 is 0 Å². The average molecular weight is 175 g/mol. The zero-order valence-corrected chi connectivity index (χ0v) is 6.96. The molecular formula is C8H9N5. The van der Waals surface area contributed by atoms with Gasteiger partial charge in [-0.3, -0.25) is 0 Å². The maximum atomic E-state index is 5.47. The van der Waals surface area contributed by atoms with Crippen LogP contribution in [0.25, 0.3) is 5.69 Å². The van der Waals surface area contributed by atoms with Crippen LogP contribution in [0, 0.1) is 0 Å².